The number of nitrogens with one attached hydrogen (secondary N) is 1. The fourth-order valence-corrected chi connectivity index (χ4v) is 6.32. The maximum absolute atomic E-state index is 11.4. The number of imidazole rings is 1. The van der Waals surface area contributed by atoms with Gasteiger partial charge in [-0.15, -0.1) is 0 Å². The number of hydrogen-bond donors (Lipinski definition) is 3. The van der Waals surface area contributed by atoms with E-state index in [-0.39, 0.29) is 12.4 Å². The Bertz CT molecular complexity index is 1170. The molecular formula is C36H58BN3O4S. The second-order valence-corrected chi connectivity index (χ2v) is 13.2. The van der Waals surface area contributed by atoms with E-state index >= 15 is 0 Å². The summed E-state index contributed by atoms with van der Waals surface area (Å²) in [6, 6.07) is 12.2. The number of rotatable bonds is 26. The van der Waals surface area contributed by atoms with Crippen molar-refractivity contribution in [2.24, 2.45) is 0 Å². The number of phenolic OH excluding ortho intramolecular Hbond substituents is 1. The molecule has 45 heavy (non-hydrogen) atoms. The molecule has 0 saturated carbocycles. The summed E-state index contributed by atoms with van der Waals surface area (Å²) in [5, 5.41) is 22.6. The van der Waals surface area contributed by atoms with Crippen LogP contribution in [0.5, 0.6) is 5.75 Å². The van der Waals surface area contributed by atoms with Crippen LogP contribution in [0.1, 0.15) is 122 Å². The number of hydrogen-bond acceptors (Lipinski definition) is 7. The molecule has 7 nitrogen and oxygen atoms in total. The van der Waals surface area contributed by atoms with Crippen molar-refractivity contribution in [3.8, 4) is 5.75 Å². The summed E-state index contributed by atoms with van der Waals surface area (Å²) >= 11 is 1.54. The molecule has 3 N–H and O–H groups in total. The van der Waals surface area contributed by atoms with Gasteiger partial charge in [0.2, 0.25) is 0 Å². The smallest absolute Gasteiger partial charge is 0.505 e. The summed E-state index contributed by atoms with van der Waals surface area (Å²) in [5.74, 6) is 0.870. The highest BCUT2D eigenvalue weighted by atomic mass is 32.2. The van der Waals surface area contributed by atoms with Crippen LogP contribution in [0.15, 0.2) is 41.6 Å². The van der Waals surface area contributed by atoms with Gasteiger partial charge in [-0.25, -0.2) is 4.98 Å². The molecule has 0 spiro atoms. The molecule has 0 bridgehead atoms. The Labute approximate surface area is 277 Å². The quantitative estimate of drug-likeness (QED) is 0.0458. The zero-order valence-electron chi connectivity index (χ0n) is 28.2. The van der Waals surface area contributed by atoms with Crippen LogP contribution in [0.2, 0.25) is 0 Å². The fraction of sp³-hybridized carbons (Fsp3) is 0.639. The summed E-state index contributed by atoms with van der Waals surface area (Å²) in [4.78, 5) is 10.2. The molecule has 3 rings (SSSR count). The standard InChI is InChI=1S/C36H58BN3O4S/c1-4-7-10-11-12-13-14-15-16-17-20-30-27-31(35(41)34(28-30)40(23-8-5-2)24-9-6-3)29-44-37(42)43-25-26-45-36-38-32-21-18-19-22-33(32)39-36/h18-19,21-22,27-28,41-42H,4-17,20,23-26,29H2,1-3H3,(H,38,39). The van der Waals surface area contributed by atoms with Gasteiger partial charge in [-0.3, -0.25) is 0 Å². The number of fused-ring (bicyclic) bond motifs is 1. The highest BCUT2D eigenvalue weighted by Gasteiger charge is 2.20. The van der Waals surface area contributed by atoms with Gasteiger partial charge in [0.1, 0.15) is 5.75 Å². The van der Waals surface area contributed by atoms with Crippen LogP contribution in [0, 0.1) is 0 Å². The minimum atomic E-state index is -1.37. The number of para-hydroxylation sites is 2. The molecule has 0 aliphatic rings. The maximum Gasteiger partial charge on any atom is 0.636 e. The lowest BCUT2D eigenvalue weighted by Gasteiger charge is -2.27. The van der Waals surface area contributed by atoms with Crippen molar-refractivity contribution < 1.29 is 19.4 Å². The van der Waals surface area contributed by atoms with Gasteiger partial charge >= 0.3 is 7.32 Å². The number of aromatic nitrogens is 2. The Balaban J connectivity index is 1.53. The zero-order chi connectivity index (χ0) is 32.1. The van der Waals surface area contributed by atoms with Crippen molar-refractivity contribution in [1.82, 2.24) is 9.97 Å². The lowest BCUT2D eigenvalue weighted by Crippen LogP contribution is -2.26. The molecular weight excluding hydrogens is 581 g/mol. The van der Waals surface area contributed by atoms with E-state index < -0.39 is 7.32 Å². The number of aromatic hydroxyl groups is 1. The fourth-order valence-electron chi connectivity index (χ4n) is 5.60. The molecule has 0 unspecified atom stereocenters. The van der Waals surface area contributed by atoms with Gasteiger partial charge in [-0.05, 0) is 55.5 Å². The molecule has 0 saturated heterocycles. The van der Waals surface area contributed by atoms with Crippen LogP contribution in [-0.4, -0.2) is 52.9 Å². The van der Waals surface area contributed by atoms with Gasteiger partial charge in [0.15, 0.2) is 5.16 Å². The Morgan fingerprint density at radius 3 is 2.13 bits per heavy atom. The van der Waals surface area contributed by atoms with E-state index in [0.29, 0.717) is 17.9 Å². The SMILES string of the molecule is CCCCCCCCCCCCc1cc(COB(O)OCCSc2nc3ccccc3[nH]2)c(O)c(N(CCCC)CCCC)c1. The van der Waals surface area contributed by atoms with E-state index in [1.54, 1.807) is 0 Å². The average Bonchev–Trinajstić information content (AvgIpc) is 3.47. The summed E-state index contributed by atoms with van der Waals surface area (Å²) in [7, 11) is -1.37. The highest BCUT2D eigenvalue weighted by molar-refractivity contribution is 7.99. The Hall–Kier alpha value is -2.20. The van der Waals surface area contributed by atoms with Crippen molar-refractivity contribution in [2.75, 3.05) is 30.3 Å². The highest BCUT2D eigenvalue weighted by Crippen LogP contribution is 2.34. The Morgan fingerprint density at radius 1 is 0.822 bits per heavy atom. The summed E-state index contributed by atoms with van der Waals surface area (Å²) < 4.78 is 11.2. The number of phenols is 1. The minimum Gasteiger partial charge on any atom is -0.505 e. The lowest BCUT2D eigenvalue weighted by atomic mass is 10.00. The van der Waals surface area contributed by atoms with Crippen molar-refractivity contribution in [3.63, 3.8) is 0 Å². The number of thioether (sulfide) groups is 1. The van der Waals surface area contributed by atoms with Crippen LogP contribution in [0.3, 0.4) is 0 Å². The normalized spacial score (nSPS) is 11.5. The first kappa shape index (κ1) is 37.3. The number of nitrogens with zero attached hydrogens (tertiary/aromatic N) is 2. The van der Waals surface area contributed by atoms with Crippen molar-refractivity contribution in [2.45, 2.75) is 129 Å². The molecule has 0 amide bonds. The lowest BCUT2D eigenvalue weighted by molar-refractivity contribution is 0.132. The number of anilines is 1. The van der Waals surface area contributed by atoms with Crippen LogP contribution in [0.4, 0.5) is 5.69 Å². The van der Waals surface area contributed by atoms with Crippen molar-refractivity contribution >= 4 is 35.8 Å². The second kappa shape index (κ2) is 22.4. The van der Waals surface area contributed by atoms with Crippen LogP contribution in [-0.2, 0) is 22.3 Å². The number of aromatic amines is 1. The topological polar surface area (TPSA) is 90.8 Å². The second-order valence-electron chi connectivity index (χ2n) is 12.1. The molecule has 9 heteroatoms. The average molecular weight is 640 g/mol. The third-order valence-electron chi connectivity index (χ3n) is 8.28. The van der Waals surface area contributed by atoms with Gasteiger partial charge in [-0.1, -0.05) is 115 Å². The van der Waals surface area contributed by atoms with Gasteiger partial charge in [0.25, 0.3) is 0 Å². The van der Waals surface area contributed by atoms with Crippen molar-refractivity contribution in [1.29, 1.82) is 0 Å². The number of aryl methyl sites for hydroxylation is 1. The first-order valence-electron chi connectivity index (χ1n) is 17.6. The molecule has 2 aromatic carbocycles. The molecule has 0 aliphatic heterocycles. The molecule has 0 atom stereocenters. The number of unbranched alkanes of at least 4 members (excludes halogenated alkanes) is 11. The van der Waals surface area contributed by atoms with E-state index in [4.69, 9.17) is 9.31 Å². The van der Waals surface area contributed by atoms with E-state index in [1.807, 2.05) is 24.3 Å². The third-order valence-corrected chi connectivity index (χ3v) is 9.12. The monoisotopic (exact) mass is 639 g/mol. The van der Waals surface area contributed by atoms with E-state index in [1.165, 1.54) is 75.1 Å². The summed E-state index contributed by atoms with van der Waals surface area (Å²) in [5.41, 5.74) is 4.74. The van der Waals surface area contributed by atoms with E-state index in [2.05, 4.69) is 47.8 Å². The first-order chi connectivity index (χ1) is 22.0. The van der Waals surface area contributed by atoms with Gasteiger partial charge < -0.3 is 29.3 Å². The van der Waals surface area contributed by atoms with Crippen molar-refractivity contribution in [3.05, 3.63) is 47.5 Å². The Kier molecular flexibility index (Phi) is 18.5. The third kappa shape index (κ3) is 14.0. The Morgan fingerprint density at radius 2 is 1.47 bits per heavy atom. The van der Waals surface area contributed by atoms with Crippen LogP contribution in [0.25, 0.3) is 11.0 Å². The molecule has 1 aromatic heterocycles. The molecule has 250 valence electrons. The summed E-state index contributed by atoms with van der Waals surface area (Å²) in [6.45, 7) is 8.90. The van der Waals surface area contributed by atoms with Crippen LogP contribution < -0.4 is 4.90 Å². The largest absolute Gasteiger partial charge is 0.636 e. The van der Waals surface area contributed by atoms with Crippen LogP contribution >= 0.6 is 11.8 Å². The molecule has 1 heterocycles. The predicted molar refractivity (Wildman–Crippen MR) is 191 cm³/mol. The maximum atomic E-state index is 11.4. The van der Waals surface area contributed by atoms with E-state index in [0.717, 1.165) is 73.5 Å². The zero-order valence-corrected chi connectivity index (χ0v) is 29.0. The molecule has 3 aromatic rings. The predicted octanol–water partition coefficient (Wildman–Crippen LogP) is 9.44. The van der Waals surface area contributed by atoms with E-state index in [9.17, 15) is 10.1 Å². The molecule has 0 fully saturated rings. The van der Waals surface area contributed by atoms with Gasteiger partial charge in [0.05, 0.1) is 23.3 Å². The van der Waals surface area contributed by atoms with Gasteiger partial charge in [0, 0.05) is 31.0 Å². The number of benzene rings is 2. The molecule has 0 radical (unpaired) electrons. The molecule has 0 aliphatic carbocycles. The first-order valence-corrected chi connectivity index (χ1v) is 18.6. The number of H-pyrrole nitrogens is 1. The summed E-state index contributed by atoms with van der Waals surface area (Å²) in [6.07, 6.45) is 18.5. The van der Waals surface area contributed by atoms with Gasteiger partial charge in [-0.2, -0.15) is 0 Å². The minimum absolute atomic E-state index is 0.0813.